The van der Waals surface area contributed by atoms with Crippen molar-refractivity contribution in [2.24, 2.45) is 0 Å². The van der Waals surface area contributed by atoms with Gasteiger partial charge >= 0.3 is 0 Å². The van der Waals surface area contributed by atoms with Crippen molar-refractivity contribution in [2.45, 2.75) is 13.8 Å². The average Bonchev–Trinajstić information content (AvgIpc) is 2.75. The van der Waals surface area contributed by atoms with Crippen LogP contribution >= 0.6 is 11.8 Å². The van der Waals surface area contributed by atoms with E-state index in [-0.39, 0.29) is 17.0 Å². The molecule has 16 heavy (non-hydrogen) atoms. The summed E-state index contributed by atoms with van der Waals surface area (Å²) < 4.78 is 0. The molecule has 0 saturated carbocycles. The summed E-state index contributed by atoms with van der Waals surface area (Å²) in [6.45, 7) is 4.45. The second-order valence-corrected chi connectivity index (χ2v) is 5.00. The highest BCUT2D eigenvalue weighted by atomic mass is 32.2. The van der Waals surface area contributed by atoms with Crippen LogP contribution in [0, 0.1) is 13.8 Å². The molecule has 2 rings (SSSR count). The number of amides is 1. The molecule has 1 aliphatic rings. The van der Waals surface area contributed by atoms with E-state index in [4.69, 9.17) is 0 Å². The molecule has 0 unspecified atom stereocenters. The maximum absolute atomic E-state index is 12.0. The molecule has 4 nitrogen and oxygen atoms in total. The fourth-order valence-electron chi connectivity index (χ4n) is 1.63. The maximum Gasteiger partial charge on any atom is 0.261 e. The van der Waals surface area contributed by atoms with Gasteiger partial charge in [-0.1, -0.05) is 0 Å². The van der Waals surface area contributed by atoms with Gasteiger partial charge < -0.3 is 9.88 Å². The van der Waals surface area contributed by atoms with Gasteiger partial charge in [-0.05, 0) is 25.5 Å². The fourth-order valence-corrected chi connectivity index (χ4v) is 2.58. The maximum atomic E-state index is 12.0. The van der Waals surface area contributed by atoms with E-state index in [1.807, 2.05) is 13.8 Å². The van der Waals surface area contributed by atoms with Crippen LogP contribution in [0.4, 0.5) is 0 Å². The van der Waals surface area contributed by atoms with Crippen molar-refractivity contribution in [3.05, 3.63) is 33.2 Å². The Hall–Kier alpha value is -1.23. The van der Waals surface area contributed by atoms with Gasteiger partial charge in [0.1, 0.15) is 5.56 Å². The van der Waals surface area contributed by atoms with E-state index in [0.29, 0.717) is 5.88 Å². The summed E-state index contributed by atoms with van der Waals surface area (Å²) in [6, 6.07) is 1.68. The number of nitrogens with zero attached hydrogens (tertiary/aromatic N) is 1. The average molecular weight is 238 g/mol. The Morgan fingerprint density at radius 3 is 2.88 bits per heavy atom. The standard InChI is InChI=1S/C11H14N2O2S/c1-7-5-9(10(14)12-8(7)2)11(15)13-3-4-16-6-13/h5H,3-4,6H2,1-2H3,(H,12,14). The SMILES string of the molecule is Cc1cc(C(=O)N2CCSC2)c(=O)[nH]c1C. The molecule has 1 N–H and O–H groups in total. The minimum atomic E-state index is -0.287. The van der Waals surface area contributed by atoms with E-state index in [2.05, 4.69) is 4.98 Å². The molecule has 86 valence electrons. The van der Waals surface area contributed by atoms with Gasteiger partial charge in [0, 0.05) is 18.0 Å². The Bertz CT molecular complexity index is 475. The summed E-state index contributed by atoms with van der Waals surface area (Å²) in [7, 11) is 0. The summed E-state index contributed by atoms with van der Waals surface area (Å²) in [5.74, 6) is 1.48. The minimum absolute atomic E-state index is 0.158. The number of thioether (sulfide) groups is 1. The lowest BCUT2D eigenvalue weighted by molar-refractivity contribution is 0.0801. The molecule has 0 aromatic carbocycles. The van der Waals surface area contributed by atoms with Gasteiger partial charge in [-0.15, -0.1) is 11.8 Å². The largest absolute Gasteiger partial charge is 0.328 e. The van der Waals surface area contributed by atoms with E-state index < -0.39 is 0 Å². The Balaban J connectivity index is 2.36. The quantitative estimate of drug-likeness (QED) is 0.798. The molecular formula is C11H14N2O2S. The third-order valence-electron chi connectivity index (χ3n) is 2.77. The zero-order valence-corrected chi connectivity index (χ0v) is 10.2. The number of nitrogens with one attached hydrogen (secondary N) is 1. The number of aryl methyl sites for hydroxylation is 2. The minimum Gasteiger partial charge on any atom is -0.328 e. The van der Waals surface area contributed by atoms with Crippen molar-refractivity contribution in [1.29, 1.82) is 0 Å². The van der Waals surface area contributed by atoms with Crippen LogP contribution in [0.2, 0.25) is 0 Å². The number of hydrogen-bond acceptors (Lipinski definition) is 3. The molecule has 1 aromatic rings. The van der Waals surface area contributed by atoms with Crippen LogP contribution in [0.5, 0.6) is 0 Å². The van der Waals surface area contributed by atoms with Crippen LogP contribution in [0.25, 0.3) is 0 Å². The van der Waals surface area contributed by atoms with Crippen molar-refractivity contribution < 1.29 is 4.79 Å². The number of aromatic nitrogens is 1. The third kappa shape index (κ3) is 2.00. The molecule has 1 amide bonds. The van der Waals surface area contributed by atoms with Crippen molar-refractivity contribution in [2.75, 3.05) is 18.2 Å². The van der Waals surface area contributed by atoms with Crippen molar-refractivity contribution >= 4 is 17.7 Å². The predicted molar refractivity (Wildman–Crippen MR) is 64.9 cm³/mol. The number of hydrogen-bond donors (Lipinski definition) is 1. The lowest BCUT2D eigenvalue weighted by Crippen LogP contribution is -2.33. The van der Waals surface area contributed by atoms with Crippen molar-refractivity contribution in [3.63, 3.8) is 0 Å². The molecule has 1 aliphatic heterocycles. The van der Waals surface area contributed by atoms with Crippen LogP contribution in [-0.2, 0) is 0 Å². The zero-order valence-electron chi connectivity index (χ0n) is 9.37. The predicted octanol–water partition coefficient (Wildman–Crippen LogP) is 1.14. The normalized spacial score (nSPS) is 15.5. The molecule has 0 radical (unpaired) electrons. The summed E-state index contributed by atoms with van der Waals surface area (Å²) in [5.41, 5.74) is 1.72. The lowest BCUT2D eigenvalue weighted by Gasteiger charge is -2.14. The molecule has 1 fully saturated rings. The molecular weight excluding hydrogens is 224 g/mol. The highest BCUT2D eigenvalue weighted by Gasteiger charge is 2.22. The first-order chi connectivity index (χ1) is 7.59. The molecule has 0 atom stereocenters. The van der Waals surface area contributed by atoms with Crippen LogP contribution in [-0.4, -0.2) is 34.0 Å². The molecule has 0 bridgehead atoms. The number of carbonyl (C=O) groups is 1. The number of carbonyl (C=O) groups excluding carboxylic acids is 1. The van der Waals surface area contributed by atoms with E-state index in [1.165, 1.54) is 0 Å². The molecule has 1 aromatic heterocycles. The molecule has 2 heterocycles. The first-order valence-electron chi connectivity index (χ1n) is 5.17. The first-order valence-corrected chi connectivity index (χ1v) is 6.32. The van der Waals surface area contributed by atoms with Gasteiger partial charge in [0.15, 0.2) is 0 Å². The second-order valence-electron chi connectivity index (χ2n) is 3.93. The van der Waals surface area contributed by atoms with E-state index in [1.54, 1.807) is 22.7 Å². The highest BCUT2D eigenvalue weighted by Crippen LogP contribution is 2.15. The number of pyridine rings is 1. The number of aromatic amines is 1. The Morgan fingerprint density at radius 2 is 2.25 bits per heavy atom. The van der Waals surface area contributed by atoms with Crippen molar-refractivity contribution in [3.8, 4) is 0 Å². The van der Waals surface area contributed by atoms with Crippen LogP contribution in [0.15, 0.2) is 10.9 Å². The van der Waals surface area contributed by atoms with Gasteiger partial charge in [-0.2, -0.15) is 0 Å². The first kappa shape index (κ1) is 11.3. The molecule has 1 saturated heterocycles. The zero-order chi connectivity index (χ0) is 11.7. The number of rotatable bonds is 1. The van der Waals surface area contributed by atoms with Crippen molar-refractivity contribution in [1.82, 2.24) is 9.88 Å². The van der Waals surface area contributed by atoms with Gasteiger partial charge in [0.25, 0.3) is 11.5 Å². The summed E-state index contributed by atoms with van der Waals surface area (Å²) >= 11 is 1.71. The van der Waals surface area contributed by atoms with Gasteiger partial charge in [-0.3, -0.25) is 9.59 Å². The van der Waals surface area contributed by atoms with E-state index in [0.717, 1.165) is 23.6 Å². The van der Waals surface area contributed by atoms with E-state index in [9.17, 15) is 9.59 Å². The Labute approximate surface area is 98.0 Å². The van der Waals surface area contributed by atoms with Gasteiger partial charge in [0.2, 0.25) is 0 Å². The van der Waals surface area contributed by atoms with E-state index >= 15 is 0 Å². The van der Waals surface area contributed by atoms with Gasteiger partial charge in [0.05, 0.1) is 5.88 Å². The lowest BCUT2D eigenvalue weighted by atomic mass is 10.1. The highest BCUT2D eigenvalue weighted by molar-refractivity contribution is 7.99. The molecule has 5 heteroatoms. The summed E-state index contributed by atoms with van der Waals surface area (Å²) in [4.78, 5) is 28.1. The third-order valence-corrected chi connectivity index (χ3v) is 3.73. The topological polar surface area (TPSA) is 53.2 Å². The van der Waals surface area contributed by atoms with Crippen LogP contribution < -0.4 is 5.56 Å². The summed E-state index contributed by atoms with van der Waals surface area (Å²) in [6.07, 6.45) is 0. The van der Waals surface area contributed by atoms with Crippen LogP contribution in [0.3, 0.4) is 0 Å². The smallest absolute Gasteiger partial charge is 0.261 e. The van der Waals surface area contributed by atoms with Gasteiger partial charge in [-0.25, -0.2) is 0 Å². The monoisotopic (exact) mass is 238 g/mol. The fraction of sp³-hybridized carbons (Fsp3) is 0.455. The summed E-state index contributed by atoms with van der Waals surface area (Å²) in [5, 5.41) is 0. The molecule has 0 aliphatic carbocycles. The Morgan fingerprint density at radius 1 is 1.50 bits per heavy atom. The second kappa shape index (κ2) is 4.33. The number of H-pyrrole nitrogens is 1. The van der Waals surface area contributed by atoms with Crippen LogP contribution in [0.1, 0.15) is 21.6 Å². The Kier molecular flexibility index (Phi) is 3.05. The molecule has 0 spiro atoms.